The van der Waals surface area contributed by atoms with Crippen LogP contribution in [0.1, 0.15) is 0 Å². The van der Waals surface area contributed by atoms with E-state index in [0.29, 0.717) is 12.1 Å². The Kier molecular flexibility index (Phi) is 1.80. The topological polar surface area (TPSA) is 43.1 Å². The lowest BCUT2D eigenvalue weighted by Crippen LogP contribution is -1.90. The van der Waals surface area contributed by atoms with Crippen molar-refractivity contribution >= 4 is 5.69 Å². The van der Waals surface area contributed by atoms with Gasteiger partial charge in [-0.25, -0.2) is 8.78 Å². The van der Waals surface area contributed by atoms with E-state index in [2.05, 4.69) is 0 Å². The van der Waals surface area contributed by atoms with Gasteiger partial charge in [0, 0.05) is 6.07 Å². The number of nitro groups is 1. The van der Waals surface area contributed by atoms with Gasteiger partial charge < -0.3 is 0 Å². The lowest BCUT2D eigenvalue weighted by molar-refractivity contribution is -0.385. The Balaban J connectivity index is 3.19. The molecule has 0 aromatic heterocycles. The molecule has 0 aliphatic heterocycles. The van der Waals surface area contributed by atoms with Crippen LogP contribution in [0, 0.1) is 27.8 Å². The van der Waals surface area contributed by atoms with Crippen LogP contribution in [0.25, 0.3) is 0 Å². The first-order valence-corrected chi connectivity index (χ1v) is 2.62. The molecule has 0 aliphatic rings. The van der Waals surface area contributed by atoms with Gasteiger partial charge in [0.25, 0.3) is 5.69 Å². The van der Waals surface area contributed by atoms with Crippen molar-refractivity contribution in [2.24, 2.45) is 0 Å². The summed E-state index contributed by atoms with van der Waals surface area (Å²) in [6.45, 7) is 0. The quantitative estimate of drug-likeness (QED) is 0.460. The largest absolute Gasteiger partial charge is 0.283 e. The monoisotopic (exact) mass is 158 g/mol. The van der Waals surface area contributed by atoms with Crippen LogP contribution in [0.2, 0.25) is 0 Å². The summed E-state index contributed by atoms with van der Waals surface area (Å²) in [6.07, 6.45) is 0. The predicted octanol–water partition coefficient (Wildman–Crippen LogP) is 1.67. The van der Waals surface area contributed by atoms with E-state index in [0.717, 1.165) is 0 Å². The summed E-state index contributed by atoms with van der Waals surface area (Å²) in [5.41, 5.74) is -0.706. The third kappa shape index (κ3) is 1.70. The summed E-state index contributed by atoms with van der Waals surface area (Å²) in [7, 11) is 0. The maximum absolute atomic E-state index is 12.2. The van der Waals surface area contributed by atoms with E-state index < -0.39 is 22.2 Å². The molecule has 3 nitrogen and oxygen atoms in total. The molecule has 0 unspecified atom stereocenters. The number of nitro benzene ring substituents is 1. The summed E-state index contributed by atoms with van der Waals surface area (Å²) in [5, 5.41) is 9.95. The molecule has 1 aromatic carbocycles. The first-order chi connectivity index (χ1) is 5.09. The molecular weight excluding hydrogens is 156 g/mol. The highest BCUT2D eigenvalue weighted by Gasteiger charge is 2.09. The van der Waals surface area contributed by atoms with Gasteiger partial charge in [-0.2, -0.15) is 0 Å². The van der Waals surface area contributed by atoms with Crippen molar-refractivity contribution in [1.82, 2.24) is 0 Å². The van der Waals surface area contributed by atoms with Gasteiger partial charge in [0.15, 0.2) is 0 Å². The molecule has 0 heterocycles. The number of nitrogens with zero attached hydrogens (tertiary/aromatic N) is 1. The van der Waals surface area contributed by atoms with E-state index in [1.54, 1.807) is 6.07 Å². The van der Waals surface area contributed by atoms with E-state index in [1.165, 1.54) is 0 Å². The van der Waals surface area contributed by atoms with Crippen LogP contribution in [0.15, 0.2) is 12.1 Å². The summed E-state index contributed by atoms with van der Waals surface area (Å²) in [4.78, 5) is 9.04. The average Bonchev–Trinajstić information content (AvgIpc) is 1.85. The summed E-state index contributed by atoms with van der Waals surface area (Å²) >= 11 is 0. The van der Waals surface area contributed by atoms with Gasteiger partial charge in [-0.3, -0.25) is 10.1 Å². The molecular formula is C6H2F2NO2. The first-order valence-electron chi connectivity index (χ1n) is 2.62. The maximum atomic E-state index is 12.2. The highest BCUT2D eigenvalue weighted by molar-refractivity contribution is 5.28. The molecule has 1 radical (unpaired) electrons. The fraction of sp³-hybridized carbons (Fsp3) is 0. The van der Waals surface area contributed by atoms with Crippen LogP contribution in [0.4, 0.5) is 14.5 Å². The van der Waals surface area contributed by atoms with Crippen molar-refractivity contribution < 1.29 is 13.7 Å². The Morgan fingerprint density at radius 1 is 1.45 bits per heavy atom. The Morgan fingerprint density at radius 3 is 2.55 bits per heavy atom. The normalized spacial score (nSPS) is 9.64. The van der Waals surface area contributed by atoms with Gasteiger partial charge in [-0.1, -0.05) is 0 Å². The number of rotatable bonds is 1. The summed E-state index contributed by atoms with van der Waals surface area (Å²) in [5.74, 6) is -2.05. The molecule has 1 aromatic rings. The van der Waals surface area contributed by atoms with Crippen LogP contribution in [-0.2, 0) is 0 Å². The zero-order valence-electron chi connectivity index (χ0n) is 5.17. The van der Waals surface area contributed by atoms with E-state index in [-0.39, 0.29) is 0 Å². The Hall–Kier alpha value is -1.52. The molecule has 0 atom stereocenters. The minimum atomic E-state index is -1.07. The van der Waals surface area contributed by atoms with Crippen molar-refractivity contribution in [3.8, 4) is 0 Å². The highest BCUT2D eigenvalue weighted by atomic mass is 19.1. The third-order valence-electron chi connectivity index (χ3n) is 0.983. The summed E-state index contributed by atoms with van der Waals surface area (Å²) in [6, 6.07) is 2.86. The van der Waals surface area contributed by atoms with Crippen LogP contribution in [0.5, 0.6) is 0 Å². The minimum absolute atomic E-state index is 0.521. The predicted molar refractivity (Wildman–Crippen MR) is 31.8 cm³/mol. The van der Waals surface area contributed by atoms with Gasteiger partial charge in [0.2, 0.25) is 0 Å². The van der Waals surface area contributed by atoms with E-state index in [4.69, 9.17) is 0 Å². The van der Waals surface area contributed by atoms with E-state index >= 15 is 0 Å². The van der Waals surface area contributed by atoms with Crippen molar-refractivity contribution in [3.63, 3.8) is 0 Å². The molecule has 0 aliphatic carbocycles. The van der Waals surface area contributed by atoms with Crippen LogP contribution in [0.3, 0.4) is 0 Å². The van der Waals surface area contributed by atoms with Crippen LogP contribution >= 0.6 is 0 Å². The minimum Gasteiger partial charge on any atom is -0.258 e. The van der Waals surface area contributed by atoms with Crippen molar-refractivity contribution in [2.75, 3.05) is 0 Å². The fourth-order valence-corrected chi connectivity index (χ4v) is 0.586. The second-order valence-corrected chi connectivity index (χ2v) is 1.79. The van der Waals surface area contributed by atoms with E-state index in [1.807, 2.05) is 0 Å². The van der Waals surface area contributed by atoms with Gasteiger partial charge in [0.1, 0.15) is 17.7 Å². The molecule has 5 heteroatoms. The van der Waals surface area contributed by atoms with Crippen molar-refractivity contribution in [3.05, 3.63) is 39.9 Å². The van der Waals surface area contributed by atoms with Crippen LogP contribution < -0.4 is 0 Å². The zero-order valence-corrected chi connectivity index (χ0v) is 5.17. The SMILES string of the molecule is O=[N+]([O-])c1[c]c(F)cc(F)c1. The van der Waals surface area contributed by atoms with Crippen LogP contribution in [-0.4, -0.2) is 4.92 Å². The maximum Gasteiger partial charge on any atom is 0.283 e. The molecule has 0 fully saturated rings. The second-order valence-electron chi connectivity index (χ2n) is 1.79. The molecule has 11 heavy (non-hydrogen) atoms. The highest BCUT2D eigenvalue weighted by Crippen LogP contribution is 2.13. The smallest absolute Gasteiger partial charge is 0.258 e. The molecule has 0 spiro atoms. The molecule has 0 N–H and O–H groups in total. The Bertz CT molecular complexity index is 280. The molecule has 0 bridgehead atoms. The molecule has 1 rings (SSSR count). The third-order valence-corrected chi connectivity index (χ3v) is 0.983. The van der Waals surface area contributed by atoms with Gasteiger partial charge in [-0.15, -0.1) is 0 Å². The molecule has 0 saturated carbocycles. The summed E-state index contributed by atoms with van der Waals surface area (Å²) < 4.78 is 24.4. The lowest BCUT2D eigenvalue weighted by atomic mass is 10.3. The van der Waals surface area contributed by atoms with Crippen molar-refractivity contribution in [1.29, 1.82) is 0 Å². The first kappa shape index (κ1) is 7.59. The Morgan fingerprint density at radius 2 is 2.09 bits per heavy atom. The molecule has 57 valence electrons. The van der Waals surface area contributed by atoms with Gasteiger partial charge in [0.05, 0.1) is 11.0 Å². The van der Waals surface area contributed by atoms with Gasteiger partial charge in [-0.05, 0) is 0 Å². The molecule has 0 amide bonds. The Labute approximate surface area is 60.4 Å². The zero-order chi connectivity index (χ0) is 8.43. The van der Waals surface area contributed by atoms with Crippen molar-refractivity contribution in [2.45, 2.75) is 0 Å². The number of halogens is 2. The number of benzene rings is 1. The average molecular weight is 158 g/mol. The van der Waals surface area contributed by atoms with E-state index in [9.17, 15) is 18.9 Å². The fourth-order valence-electron chi connectivity index (χ4n) is 0.586. The lowest BCUT2D eigenvalue weighted by Gasteiger charge is -1.90. The van der Waals surface area contributed by atoms with Gasteiger partial charge >= 0.3 is 0 Å². The molecule has 0 saturated heterocycles. The standard InChI is InChI=1S/C6H2F2NO2/c7-4-1-5(8)3-6(2-4)9(10)11/h1-2H. The number of non-ortho nitro benzene ring substituents is 1. The number of hydrogen-bond donors (Lipinski definition) is 0. The second kappa shape index (κ2) is 2.61. The number of hydrogen-bond acceptors (Lipinski definition) is 2.